The highest BCUT2D eigenvalue weighted by atomic mass is 19.4. The molecule has 140 valence electrons. The summed E-state index contributed by atoms with van der Waals surface area (Å²) < 4.78 is 56.9. The summed E-state index contributed by atoms with van der Waals surface area (Å²) in [6.07, 6.45) is -3.17. The maximum absolute atomic E-state index is 13.3. The fourth-order valence-electron chi connectivity index (χ4n) is 2.43. The molecule has 1 heterocycles. The highest BCUT2D eigenvalue weighted by Crippen LogP contribution is 2.33. The van der Waals surface area contributed by atoms with Gasteiger partial charge in [-0.1, -0.05) is 30.3 Å². The normalized spacial score (nSPS) is 11.4. The molecule has 1 amide bonds. The van der Waals surface area contributed by atoms with Crippen molar-refractivity contribution in [3.8, 4) is 11.3 Å². The second-order valence-electron chi connectivity index (χ2n) is 5.72. The van der Waals surface area contributed by atoms with E-state index >= 15 is 0 Å². The Morgan fingerprint density at radius 2 is 1.85 bits per heavy atom. The summed E-state index contributed by atoms with van der Waals surface area (Å²) in [7, 11) is 0. The third-order valence-corrected chi connectivity index (χ3v) is 3.73. The Hall–Kier alpha value is -3.16. The van der Waals surface area contributed by atoms with Gasteiger partial charge in [-0.15, -0.1) is 0 Å². The number of carbonyl (C=O) groups is 1. The molecule has 0 aliphatic carbocycles. The molecule has 0 saturated heterocycles. The van der Waals surface area contributed by atoms with Gasteiger partial charge in [0.25, 0.3) is 0 Å². The molecule has 0 fully saturated rings. The molecule has 4 nitrogen and oxygen atoms in total. The van der Waals surface area contributed by atoms with Crippen molar-refractivity contribution >= 4 is 11.6 Å². The molecule has 0 unspecified atom stereocenters. The highest BCUT2D eigenvalue weighted by Gasteiger charge is 2.34. The molecule has 8 heteroatoms. The Labute approximate surface area is 151 Å². The van der Waals surface area contributed by atoms with Gasteiger partial charge in [0.05, 0.1) is 11.8 Å². The number of nitrogens with one attached hydrogen (secondary N) is 1. The first-order valence-electron chi connectivity index (χ1n) is 7.99. The number of aromatic nitrogens is 1. The van der Waals surface area contributed by atoms with Gasteiger partial charge in [-0.05, 0) is 18.2 Å². The minimum absolute atomic E-state index is 0.0481. The van der Waals surface area contributed by atoms with E-state index in [1.807, 2.05) is 30.3 Å². The minimum Gasteiger partial charge on any atom is -0.441 e. The van der Waals surface area contributed by atoms with Crippen molar-refractivity contribution in [2.45, 2.75) is 19.0 Å². The van der Waals surface area contributed by atoms with Crippen molar-refractivity contribution in [3.05, 3.63) is 72.0 Å². The third kappa shape index (κ3) is 4.72. The number of hydrogen-bond donors (Lipinski definition) is 1. The molecule has 0 aliphatic rings. The lowest BCUT2D eigenvalue weighted by molar-refractivity contribution is -0.140. The molecule has 0 atom stereocenters. The monoisotopic (exact) mass is 378 g/mol. The molecule has 1 aromatic heterocycles. The topological polar surface area (TPSA) is 55.1 Å². The van der Waals surface area contributed by atoms with E-state index in [1.54, 1.807) is 0 Å². The van der Waals surface area contributed by atoms with Gasteiger partial charge in [0.2, 0.25) is 5.91 Å². The van der Waals surface area contributed by atoms with E-state index in [2.05, 4.69) is 10.3 Å². The summed E-state index contributed by atoms with van der Waals surface area (Å²) in [5, 5.41) is 2.32. The molecule has 0 aliphatic heterocycles. The number of hydrogen-bond acceptors (Lipinski definition) is 3. The van der Waals surface area contributed by atoms with Crippen LogP contribution < -0.4 is 5.32 Å². The van der Waals surface area contributed by atoms with Crippen molar-refractivity contribution in [1.29, 1.82) is 0 Å². The minimum atomic E-state index is -4.84. The zero-order chi connectivity index (χ0) is 19.4. The number of anilines is 1. The average molecular weight is 378 g/mol. The molecule has 2 aromatic carbocycles. The molecule has 27 heavy (non-hydrogen) atoms. The van der Waals surface area contributed by atoms with Gasteiger partial charge in [-0.2, -0.15) is 13.2 Å². The Bertz CT molecular complexity index is 936. The maximum Gasteiger partial charge on any atom is 0.419 e. The Morgan fingerprint density at radius 1 is 1.11 bits per heavy atom. The van der Waals surface area contributed by atoms with Crippen molar-refractivity contribution in [1.82, 2.24) is 4.98 Å². The number of amides is 1. The summed E-state index contributed by atoms with van der Waals surface area (Å²) in [5.41, 5.74) is -0.724. The van der Waals surface area contributed by atoms with Gasteiger partial charge in [0.15, 0.2) is 11.7 Å². The quantitative estimate of drug-likeness (QED) is 0.631. The second-order valence-corrected chi connectivity index (χ2v) is 5.72. The van der Waals surface area contributed by atoms with E-state index in [1.165, 1.54) is 6.20 Å². The molecule has 0 saturated carbocycles. The van der Waals surface area contributed by atoms with Crippen molar-refractivity contribution < 1.29 is 26.8 Å². The molecule has 1 N–H and O–H groups in total. The lowest BCUT2D eigenvalue weighted by Gasteiger charge is -2.10. The van der Waals surface area contributed by atoms with Crippen LogP contribution in [0.5, 0.6) is 0 Å². The fraction of sp³-hybridized carbons (Fsp3) is 0.158. The predicted octanol–water partition coefficient (Wildman–Crippen LogP) is 5.07. The fourth-order valence-corrected chi connectivity index (χ4v) is 2.43. The molecule has 3 rings (SSSR count). The first-order valence-corrected chi connectivity index (χ1v) is 7.99. The second kappa shape index (κ2) is 7.61. The zero-order valence-corrected chi connectivity index (χ0v) is 13.9. The summed E-state index contributed by atoms with van der Waals surface area (Å²) in [6, 6.07) is 11.6. The van der Waals surface area contributed by atoms with E-state index in [9.17, 15) is 22.4 Å². The van der Waals surface area contributed by atoms with Crippen LogP contribution in [0.15, 0.2) is 59.1 Å². The SMILES string of the molecule is O=C(CCc1ncc(-c2ccccc2)o1)Nc1ccc(F)c(C(F)(F)F)c1. The first-order chi connectivity index (χ1) is 12.8. The maximum atomic E-state index is 13.3. The van der Waals surface area contributed by atoms with Crippen LogP contribution in [0.2, 0.25) is 0 Å². The smallest absolute Gasteiger partial charge is 0.419 e. The summed E-state index contributed by atoms with van der Waals surface area (Å²) in [6.45, 7) is 0. The van der Waals surface area contributed by atoms with Gasteiger partial charge in [-0.3, -0.25) is 4.79 Å². The van der Waals surface area contributed by atoms with Crippen molar-refractivity contribution in [2.75, 3.05) is 5.32 Å². The third-order valence-electron chi connectivity index (χ3n) is 3.73. The molecule has 0 spiro atoms. The first kappa shape index (κ1) is 18.6. The van der Waals surface area contributed by atoms with Crippen LogP contribution in [0, 0.1) is 5.82 Å². The van der Waals surface area contributed by atoms with Crippen LogP contribution in [0.3, 0.4) is 0 Å². The number of aryl methyl sites for hydroxylation is 1. The number of rotatable bonds is 5. The molecular weight excluding hydrogens is 364 g/mol. The Balaban J connectivity index is 1.60. The average Bonchev–Trinajstić information content (AvgIpc) is 3.10. The van der Waals surface area contributed by atoms with Gasteiger partial charge in [0.1, 0.15) is 5.82 Å². The van der Waals surface area contributed by atoms with Crippen LogP contribution in [0.25, 0.3) is 11.3 Å². The zero-order valence-electron chi connectivity index (χ0n) is 13.9. The molecule has 0 bridgehead atoms. The Kier molecular flexibility index (Phi) is 5.25. The number of benzene rings is 2. The summed E-state index contributed by atoms with van der Waals surface area (Å²) in [5.74, 6) is -1.04. The lowest BCUT2D eigenvalue weighted by atomic mass is 10.1. The number of alkyl halides is 3. The van der Waals surface area contributed by atoms with Gasteiger partial charge in [-0.25, -0.2) is 9.37 Å². The molecule has 3 aromatic rings. The molecular formula is C19H14F4N2O2. The van der Waals surface area contributed by atoms with Crippen LogP contribution in [-0.4, -0.2) is 10.9 Å². The van der Waals surface area contributed by atoms with E-state index < -0.39 is 23.5 Å². The van der Waals surface area contributed by atoms with Crippen molar-refractivity contribution in [3.63, 3.8) is 0 Å². The standard InChI is InChI=1S/C19H14F4N2O2/c20-15-7-6-13(10-14(15)19(21,22)23)25-17(26)8-9-18-24-11-16(27-18)12-4-2-1-3-5-12/h1-7,10-11H,8-9H2,(H,25,26). The van der Waals surface area contributed by atoms with E-state index in [0.717, 1.165) is 11.6 Å². The van der Waals surface area contributed by atoms with Gasteiger partial charge < -0.3 is 9.73 Å². The molecule has 0 radical (unpaired) electrons. The number of nitrogens with zero attached hydrogens (tertiary/aromatic N) is 1. The van der Waals surface area contributed by atoms with E-state index in [4.69, 9.17) is 4.42 Å². The largest absolute Gasteiger partial charge is 0.441 e. The van der Waals surface area contributed by atoms with E-state index in [0.29, 0.717) is 23.8 Å². The van der Waals surface area contributed by atoms with Gasteiger partial charge in [0, 0.05) is 24.1 Å². The van der Waals surface area contributed by atoms with Crippen LogP contribution in [0.4, 0.5) is 23.2 Å². The van der Waals surface area contributed by atoms with E-state index in [-0.39, 0.29) is 18.5 Å². The number of halogens is 4. The summed E-state index contributed by atoms with van der Waals surface area (Å²) in [4.78, 5) is 16.0. The lowest BCUT2D eigenvalue weighted by Crippen LogP contribution is -2.14. The van der Waals surface area contributed by atoms with Gasteiger partial charge >= 0.3 is 6.18 Å². The van der Waals surface area contributed by atoms with Crippen LogP contribution >= 0.6 is 0 Å². The van der Waals surface area contributed by atoms with Crippen LogP contribution in [0.1, 0.15) is 17.9 Å². The number of carbonyl (C=O) groups excluding carboxylic acids is 1. The predicted molar refractivity (Wildman–Crippen MR) is 90.3 cm³/mol. The highest BCUT2D eigenvalue weighted by molar-refractivity contribution is 5.90. The van der Waals surface area contributed by atoms with Crippen molar-refractivity contribution in [2.24, 2.45) is 0 Å². The van der Waals surface area contributed by atoms with Crippen LogP contribution in [-0.2, 0) is 17.4 Å². The Morgan fingerprint density at radius 3 is 2.56 bits per heavy atom. The summed E-state index contributed by atoms with van der Waals surface area (Å²) >= 11 is 0. The number of oxazole rings is 1.